The van der Waals surface area contributed by atoms with Crippen molar-refractivity contribution in [1.82, 2.24) is 14.3 Å². The van der Waals surface area contributed by atoms with Crippen LogP contribution < -0.4 is 10.0 Å². The number of thioether (sulfide) groups is 1. The lowest BCUT2D eigenvalue weighted by molar-refractivity contribution is 0.256. The van der Waals surface area contributed by atoms with Gasteiger partial charge >= 0.3 is 0 Å². The molecule has 118 valence electrons. The van der Waals surface area contributed by atoms with Gasteiger partial charge in [0.05, 0.1) is 0 Å². The first-order valence-corrected chi connectivity index (χ1v) is 10.3. The molecule has 1 aliphatic carbocycles. The number of hydrogen-bond acceptors (Lipinski definition) is 4. The lowest BCUT2D eigenvalue weighted by Crippen LogP contribution is -2.50. The van der Waals surface area contributed by atoms with Gasteiger partial charge in [-0.15, -0.1) is 0 Å². The summed E-state index contributed by atoms with van der Waals surface area (Å²) >= 11 is 1.66. The van der Waals surface area contributed by atoms with Crippen molar-refractivity contribution in [1.29, 1.82) is 0 Å². The van der Waals surface area contributed by atoms with E-state index in [2.05, 4.69) is 10.0 Å². The maximum absolute atomic E-state index is 12.4. The van der Waals surface area contributed by atoms with Gasteiger partial charge in [-0.05, 0) is 51.3 Å². The third-order valence-electron chi connectivity index (χ3n) is 3.86. The van der Waals surface area contributed by atoms with Crippen LogP contribution in [0.1, 0.15) is 32.6 Å². The van der Waals surface area contributed by atoms with Crippen molar-refractivity contribution in [3.05, 3.63) is 0 Å². The smallest absolute Gasteiger partial charge is 0.279 e. The van der Waals surface area contributed by atoms with Crippen LogP contribution in [0.5, 0.6) is 0 Å². The zero-order chi connectivity index (χ0) is 14.6. The standard InChI is InChI=1S/C13H27N3O2S2/c1-11(10-19-2)15-20(17,18)16-7-3-4-12(9-16)8-14-13-5-6-13/h11-15H,3-10H2,1-2H3. The monoisotopic (exact) mass is 321 g/mol. The average Bonchev–Trinajstić information content (AvgIpc) is 3.20. The van der Waals surface area contributed by atoms with Crippen molar-refractivity contribution in [3.63, 3.8) is 0 Å². The van der Waals surface area contributed by atoms with Crippen LogP contribution in [0, 0.1) is 5.92 Å². The Balaban J connectivity index is 1.82. The highest BCUT2D eigenvalue weighted by molar-refractivity contribution is 7.98. The molecule has 0 aromatic rings. The Kier molecular flexibility index (Phi) is 6.16. The highest BCUT2D eigenvalue weighted by Crippen LogP contribution is 2.22. The van der Waals surface area contributed by atoms with Crippen LogP contribution >= 0.6 is 11.8 Å². The summed E-state index contributed by atoms with van der Waals surface area (Å²) in [7, 11) is -3.32. The third kappa shape index (κ3) is 5.18. The van der Waals surface area contributed by atoms with Gasteiger partial charge in [0.15, 0.2) is 0 Å². The maximum atomic E-state index is 12.4. The summed E-state index contributed by atoms with van der Waals surface area (Å²) in [6.07, 6.45) is 6.65. The second kappa shape index (κ2) is 7.45. The molecule has 7 heteroatoms. The summed E-state index contributed by atoms with van der Waals surface area (Å²) in [6, 6.07) is 0.682. The van der Waals surface area contributed by atoms with E-state index in [0.29, 0.717) is 25.0 Å². The number of rotatable bonds is 8. The van der Waals surface area contributed by atoms with E-state index in [1.807, 2.05) is 13.2 Å². The Hall–Kier alpha value is 0.180. The Bertz CT molecular complexity index is 398. The maximum Gasteiger partial charge on any atom is 0.279 e. The second-order valence-electron chi connectivity index (χ2n) is 6.03. The molecule has 2 aliphatic rings. The highest BCUT2D eigenvalue weighted by atomic mass is 32.2. The van der Waals surface area contributed by atoms with E-state index < -0.39 is 10.2 Å². The van der Waals surface area contributed by atoms with Crippen molar-refractivity contribution in [2.75, 3.05) is 31.6 Å². The Morgan fingerprint density at radius 1 is 1.35 bits per heavy atom. The van der Waals surface area contributed by atoms with E-state index in [1.165, 1.54) is 12.8 Å². The van der Waals surface area contributed by atoms with Crippen molar-refractivity contribution in [3.8, 4) is 0 Å². The summed E-state index contributed by atoms with van der Waals surface area (Å²) in [4.78, 5) is 0. The van der Waals surface area contributed by atoms with Crippen LogP contribution in [0.4, 0.5) is 0 Å². The predicted molar refractivity (Wildman–Crippen MR) is 85.2 cm³/mol. The molecule has 0 bridgehead atoms. The zero-order valence-corrected chi connectivity index (χ0v) is 14.1. The summed E-state index contributed by atoms with van der Waals surface area (Å²) in [5.74, 6) is 1.26. The first kappa shape index (κ1) is 16.5. The van der Waals surface area contributed by atoms with Crippen molar-refractivity contribution in [2.45, 2.75) is 44.7 Å². The quantitative estimate of drug-likeness (QED) is 0.701. The van der Waals surface area contributed by atoms with E-state index >= 15 is 0 Å². The van der Waals surface area contributed by atoms with Crippen molar-refractivity contribution in [2.24, 2.45) is 5.92 Å². The topological polar surface area (TPSA) is 61.4 Å². The molecule has 2 atom stereocenters. The van der Waals surface area contributed by atoms with Crippen LogP contribution in [0.3, 0.4) is 0 Å². The molecule has 1 saturated heterocycles. The molecule has 0 amide bonds. The molecular weight excluding hydrogens is 294 g/mol. The fourth-order valence-electron chi connectivity index (χ4n) is 2.65. The molecule has 0 radical (unpaired) electrons. The van der Waals surface area contributed by atoms with Gasteiger partial charge in [-0.1, -0.05) is 0 Å². The summed E-state index contributed by atoms with van der Waals surface area (Å²) in [5, 5.41) is 3.51. The highest BCUT2D eigenvalue weighted by Gasteiger charge is 2.30. The molecule has 5 nitrogen and oxygen atoms in total. The molecule has 1 aliphatic heterocycles. The average molecular weight is 322 g/mol. The minimum Gasteiger partial charge on any atom is -0.314 e. The fraction of sp³-hybridized carbons (Fsp3) is 1.00. The minimum atomic E-state index is -3.32. The largest absolute Gasteiger partial charge is 0.314 e. The fourth-order valence-corrected chi connectivity index (χ4v) is 4.85. The Morgan fingerprint density at radius 3 is 2.75 bits per heavy atom. The van der Waals surface area contributed by atoms with Gasteiger partial charge in [-0.3, -0.25) is 0 Å². The van der Waals surface area contributed by atoms with E-state index in [9.17, 15) is 8.42 Å². The van der Waals surface area contributed by atoms with Gasteiger partial charge in [-0.2, -0.15) is 29.2 Å². The molecular formula is C13H27N3O2S2. The van der Waals surface area contributed by atoms with Gasteiger partial charge in [0.1, 0.15) is 0 Å². The summed E-state index contributed by atoms with van der Waals surface area (Å²) < 4.78 is 29.1. The third-order valence-corrected chi connectivity index (χ3v) is 6.41. The van der Waals surface area contributed by atoms with Crippen molar-refractivity contribution < 1.29 is 8.42 Å². The summed E-state index contributed by atoms with van der Waals surface area (Å²) in [6.45, 7) is 4.18. The van der Waals surface area contributed by atoms with Gasteiger partial charge in [0.25, 0.3) is 10.2 Å². The molecule has 2 unspecified atom stereocenters. The minimum absolute atomic E-state index is 0.0139. The van der Waals surface area contributed by atoms with Crippen LogP contribution in [0.25, 0.3) is 0 Å². The SMILES string of the molecule is CSCC(C)NS(=O)(=O)N1CCCC(CNC2CC2)C1. The molecule has 2 rings (SSSR count). The first-order valence-electron chi connectivity index (χ1n) is 7.51. The van der Waals surface area contributed by atoms with Crippen molar-refractivity contribution >= 4 is 22.0 Å². The number of piperidine rings is 1. The molecule has 1 saturated carbocycles. The molecule has 0 aromatic heterocycles. The Labute approximate surface area is 127 Å². The predicted octanol–water partition coefficient (Wildman–Crippen LogP) is 1.04. The zero-order valence-electron chi connectivity index (χ0n) is 12.5. The molecule has 0 aromatic carbocycles. The second-order valence-corrected chi connectivity index (χ2v) is 8.64. The van der Waals surface area contributed by atoms with E-state index in [-0.39, 0.29) is 6.04 Å². The van der Waals surface area contributed by atoms with E-state index in [0.717, 1.165) is 25.1 Å². The van der Waals surface area contributed by atoms with Gasteiger partial charge in [0, 0.05) is 30.9 Å². The molecule has 2 fully saturated rings. The summed E-state index contributed by atoms with van der Waals surface area (Å²) in [5.41, 5.74) is 0. The van der Waals surface area contributed by atoms with Crippen LogP contribution in [-0.2, 0) is 10.2 Å². The molecule has 2 N–H and O–H groups in total. The van der Waals surface area contributed by atoms with E-state index in [1.54, 1.807) is 16.1 Å². The van der Waals surface area contributed by atoms with Gasteiger partial charge < -0.3 is 5.32 Å². The first-order chi connectivity index (χ1) is 9.51. The van der Waals surface area contributed by atoms with Gasteiger partial charge in [-0.25, -0.2) is 0 Å². The van der Waals surface area contributed by atoms with Crippen LogP contribution in [0.2, 0.25) is 0 Å². The molecule has 0 spiro atoms. The van der Waals surface area contributed by atoms with Crippen LogP contribution in [0.15, 0.2) is 0 Å². The number of nitrogens with one attached hydrogen (secondary N) is 2. The molecule has 20 heavy (non-hydrogen) atoms. The number of nitrogens with zero attached hydrogens (tertiary/aromatic N) is 1. The molecule has 1 heterocycles. The van der Waals surface area contributed by atoms with E-state index in [4.69, 9.17) is 0 Å². The normalized spacial score (nSPS) is 26.6. The lowest BCUT2D eigenvalue weighted by atomic mass is 10.00. The van der Waals surface area contributed by atoms with Gasteiger partial charge in [0.2, 0.25) is 0 Å². The van der Waals surface area contributed by atoms with Crippen LogP contribution in [-0.4, -0.2) is 56.4 Å². The lowest BCUT2D eigenvalue weighted by Gasteiger charge is -2.32. The Morgan fingerprint density at radius 2 is 2.10 bits per heavy atom. The number of hydrogen-bond donors (Lipinski definition) is 2.